The van der Waals surface area contributed by atoms with Gasteiger partial charge in [-0.1, -0.05) is 27.7 Å². The summed E-state index contributed by atoms with van der Waals surface area (Å²) in [6.45, 7) is 9.77. The van der Waals surface area contributed by atoms with Gasteiger partial charge in [0.05, 0.1) is 20.2 Å². The molecule has 6 aliphatic rings. The minimum absolute atomic E-state index is 0.0286. The van der Waals surface area contributed by atoms with E-state index in [1.165, 1.54) is 0 Å². The van der Waals surface area contributed by atoms with Crippen molar-refractivity contribution < 1.29 is 18.7 Å². The van der Waals surface area contributed by atoms with Gasteiger partial charge in [-0.25, -0.2) is 0 Å². The second kappa shape index (κ2) is 6.70. The molecular formula is C27H44O3. The molecule has 2 heterocycles. The second-order valence-corrected chi connectivity index (χ2v) is 12.6. The second-order valence-electron chi connectivity index (χ2n) is 12.6. The number of hydrogen-bond acceptors (Lipinski definition) is 3. The van der Waals surface area contributed by atoms with Crippen molar-refractivity contribution in [2.75, 3.05) is 6.61 Å². The van der Waals surface area contributed by atoms with E-state index in [1.807, 2.05) is 0 Å². The third kappa shape index (κ3) is 2.61. The highest BCUT2D eigenvalue weighted by atomic mass is 16.7. The van der Waals surface area contributed by atoms with Crippen molar-refractivity contribution in [1.29, 1.82) is 0 Å². The molecule has 6 rings (SSSR count). The number of aliphatic hydroxyl groups is 1. The predicted octanol–water partition coefficient (Wildman–Crippen LogP) is 5.79. The molecule has 0 bridgehead atoms. The van der Waals surface area contributed by atoms with Gasteiger partial charge < -0.3 is 14.6 Å². The highest BCUT2D eigenvalue weighted by Gasteiger charge is 2.69. The Bertz CT molecular complexity index is 812. The van der Waals surface area contributed by atoms with Gasteiger partial charge in [0.25, 0.3) is 0 Å². The van der Waals surface area contributed by atoms with Crippen molar-refractivity contribution in [1.82, 2.24) is 0 Å². The number of aliphatic hydroxyl groups excluding tert-OH is 1. The van der Waals surface area contributed by atoms with E-state index in [9.17, 15) is 9.22 Å². The Balaban J connectivity index is 1.37. The summed E-state index contributed by atoms with van der Waals surface area (Å²) < 4.78 is 41.6. The van der Waals surface area contributed by atoms with Crippen LogP contribution in [-0.2, 0) is 9.47 Å². The summed E-state index contributed by atoms with van der Waals surface area (Å²) in [6, 6.07) is 0. The fourth-order valence-corrected chi connectivity index (χ4v) is 9.38. The summed E-state index contributed by atoms with van der Waals surface area (Å²) in [5.41, 5.74) is -0.0398. The average molecular weight is 420 g/mol. The van der Waals surface area contributed by atoms with E-state index in [0.29, 0.717) is 30.3 Å². The lowest BCUT2D eigenvalue weighted by atomic mass is 9.44. The molecule has 0 amide bonds. The Hall–Kier alpha value is -0.120. The molecule has 0 aromatic carbocycles. The van der Waals surface area contributed by atoms with Gasteiger partial charge in [0, 0.05) is 15.1 Å². The summed E-state index contributed by atoms with van der Waals surface area (Å²) in [6.07, 6.45) is 5.49. The molecule has 0 aromatic rings. The lowest BCUT2D eigenvalue weighted by molar-refractivity contribution is -0.273. The van der Waals surface area contributed by atoms with E-state index in [0.717, 1.165) is 57.8 Å². The van der Waals surface area contributed by atoms with Gasteiger partial charge in [0.2, 0.25) is 0 Å². The first-order valence-corrected chi connectivity index (χ1v) is 12.9. The molecule has 2 saturated heterocycles. The summed E-state index contributed by atoms with van der Waals surface area (Å²) in [5, 5.41) is 10.3. The molecule has 3 nitrogen and oxygen atoms in total. The van der Waals surface area contributed by atoms with Crippen LogP contribution in [0.3, 0.4) is 0 Å². The molecule has 12 atom stereocenters. The molecule has 0 aromatic heterocycles. The number of hydrogen-bond donors (Lipinski definition) is 1. The van der Waals surface area contributed by atoms with E-state index in [1.54, 1.807) is 0 Å². The van der Waals surface area contributed by atoms with Gasteiger partial charge in [-0.05, 0) is 104 Å². The van der Waals surface area contributed by atoms with Crippen LogP contribution in [0.25, 0.3) is 0 Å². The van der Waals surface area contributed by atoms with E-state index < -0.39 is 18.2 Å². The first kappa shape index (κ1) is 17.4. The van der Waals surface area contributed by atoms with Gasteiger partial charge in [-0.3, -0.25) is 0 Å². The van der Waals surface area contributed by atoms with Crippen LogP contribution in [0, 0.1) is 52.3 Å². The number of fused-ring (bicyclic) bond motifs is 7. The maximum absolute atomic E-state index is 10.3. The smallest absolute Gasteiger partial charge is 0.171 e. The topological polar surface area (TPSA) is 38.7 Å². The summed E-state index contributed by atoms with van der Waals surface area (Å²) in [7, 11) is 0. The molecule has 0 radical (unpaired) electrons. The van der Waals surface area contributed by atoms with Gasteiger partial charge in [-0.15, -0.1) is 0 Å². The molecule has 170 valence electrons. The molecule has 2 aliphatic heterocycles. The molecule has 1 unspecified atom stereocenters. The SMILES string of the molecule is [2H]C1([2H])[C@H]2[C@@H]3CC[C@H]4C[C@@H](O)CC[C@]4(C)[C@H]3CC[C@]2(C)[C@H]2[C@H](C)[C@@]3(CCC(C)CO3)O[C@]21[2H]. The maximum Gasteiger partial charge on any atom is 0.171 e. The zero-order valence-corrected chi connectivity index (χ0v) is 19.5. The largest absolute Gasteiger partial charge is 0.393 e. The van der Waals surface area contributed by atoms with Crippen molar-refractivity contribution in [2.24, 2.45) is 52.3 Å². The molecule has 30 heavy (non-hydrogen) atoms. The zero-order chi connectivity index (χ0) is 23.6. The molecular weight excluding hydrogens is 372 g/mol. The Morgan fingerprint density at radius 2 is 1.77 bits per heavy atom. The first-order valence-electron chi connectivity index (χ1n) is 14.4. The average Bonchev–Trinajstić information content (AvgIpc) is 3.06. The highest BCUT2D eigenvalue weighted by molar-refractivity contribution is 5.15. The van der Waals surface area contributed by atoms with Crippen molar-refractivity contribution >= 4 is 0 Å². The van der Waals surface area contributed by atoms with Gasteiger partial charge in [0.1, 0.15) is 0 Å². The van der Waals surface area contributed by atoms with Crippen LogP contribution < -0.4 is 0 Å². The van der Waals surface area contributed by atoms with Crippen LogP contribution in [0.15, 0.2) is 0 Å². The van der Waals surface area contributed by atoms with E-state index >= 15 is 0 Å². The van der Waals surface area contributed by atoms with Crippen LogP contribution in [-0.4, -0.2) is 29.7 Å². The quantitative estimate of drug-likeness (QED) is 0.540. The van der Waals surface area contributed by atoms with Gasteiger partial charge in [-0.2, -0.15) is 0 Å². The van der Waals surface area contributed by atoms with Crippen LogP contribution >= 0.6 is 0 Å². The van der Waals surface area contributed by atoms with Crippen LogP contribution in [0.4, 0.5) is 0 Å². The van der Waals surface area contributed by atoms with Crippen LogP contribution in [0.5, 0.6) is 0 Å². The summed E-state index contributed by atoms with van der Waals surface area (Å²) in [5.74, 6) is 0.809. The number of rotatable bonds is 0. The van der Waals surface area contributed by atoms with Crippen molar-refractivity contribution in [3.63, 3.8) is 0 Å². The van der Waals surface area contributed by atoms with Gasteiger partial charge >= 0.3 is 0 Å². The fraction of sp³-hybridized carbons (Fsp3) is 1.00. The lowest BCUT2D eigenvalue weighted by Gasteiger charge is -2.61. The Kier molecular flexibility index (Phi) is 3.88. The monoisotopic (exact) mass is 419 g/mol. The van der Waals surface area contributed by atoms with Crippen LogP contribution in [0.2, 0.25) is 0 Å². The van der Waals surface area contributed by atoms with Crippen LogP contribution in [0.1, 0.15) is 96.0 Å². The van der Waals surface area contributed by atoms with Crippen molar-refractivity contribution in [3.05, 3.63) is 0 Å². The molecule has 1 N–H and O–H groups in total. The predicted molar refractivity (Wildman–Crippen MR) is 118 cm³/mol. The molecule has 3 heteroatoms. The zero-order valence-electron chi connectivity index (χ0n) is 22.5. The molecule has 4 saturated carbocycles. The molecule has 1 spiro atoms. The fourth-order valence-electron chi connectivity index (χ4n) is 9.38. The maximum atomic E-state index is 10.3. The minimum atomic E-state index is -1.70. The summed E-state index contributed by atoms with van der Waals surface area (Å²) >= 11 is 0. The van der Waals surface area contributed by atoms with E-state index in [4.69, 9.17) is 9.47 Å². The third-order valence-electron chi connectivity index (χ3n) is 11.2. The summed E-state index contributed by atoms with van der Waals surface area (Å²) in [4.78, 5) is 0. The normalized spacial score (nSPS) is 68.1. The Labute approximate surface area is 187 Å². The Morgan fingerprint density at radius 3 is 2.53 bits per heavy atom. The van der Waals surface area contributed by atoms with Crippen molar-refractivity contribution in [3.8, 4) is 0 Å². The lowest BCUT2D eigenvalue weighted by Crippen LogP contribution is -2.55. The first-order chi connectivity index (χ1) is 15.4. The standard InChI is InChI=1S/C27H44O3/c1-16-7-12-27(29-15-16)17(2)24-23(30-27)14-22-20-6-5-18-13-19(28)8-10-25(18,3)21(20)9-11-26(22,24)4/h16-24,28H,5-15H2,1-4H3/t16?,17-,18-,19-,20+,21-,22-,23-,24-,25-,26-,27+/m0/s1/i14D2,23D. The Morgan fingerprint density at radius 1 is 0.967 bits per heavy atom. The van der Waals surface area contributed by atoms with E-state index in [-0.39, 0.29) is 34.7 Å². The highest BCUT2D eigenvalue weighted by Crippen LogP contribution is 2.71. The van der Waals surface area contributed by atoms with Gasteiger partial charge in [0.15, 0.2) is 5.79 Å². The minimum Gasteiger partial charge on any atom is -0.393 e. The molecule has 6 fully saturated rings. The van der Waals surface area contributed by atoms with Crippen molar-refractivity contribution in [2.45, 2.75) is 110 Å². The van der Waals surface area contributed by atoms with E-state index in [2.05, 4.69) is 27.7 Å². The number of ether oxygens (including phenoxy) is 2. The molecule has 4 aliphatic carbocycles. The third-order valence-corrected chi connectivity index (χ3v) is 11.2.